The highest BCUT2D eigenvalue weighted by Gasteiger charge is 2.26. The normalized spacial score (nSPS) is 14.8. The number of carbonyl (C=O) groups excluding carboxylic acids is 1. The summed E-state index contributed by atoms with van der Waals surface area (Å²) in [5.41, 5.74) is 1.07. The van der Waals surface area contributed by atoms with Crippen LogP contribution in [0.4, 0.5) is 5.13 Å². The number of hydrogen-bond donors (Lipinski definition) is 1. The van der Waals surface area contributed by atoms with E-state index in [2.05, 4.69) is 10.3 Å². The van der Waals surface area contributed by atoms with Crippen molar-refractivity contribution < 1.29 is 4.79 Å². The van der Waals surface area contributed by atoms with E-state index >= 15 is 0 Å². The average molecular weight is 207 g/mol. The van der Waals surface area contributed by atoms with Crippen LogP contribution in [0.25, 0.3) is 0 Å². The number of carbonyl (C=O) groups is 1. The summed E-state index contributed by atoms with van der Waals surface area (Å²) in [5.74, 6) is 0.317. The number of amides is 1. The van der Waals surface area contributed by atoms with E-state index in [0.29, 0.717) is 11.0 Å². The summed E-state index contributed by atoms with van der Waals surface area (Å²) in [6.45, 7) is 0. The van der Waals surface area contributed by atoms with Crippen LogP contribution in [0.15, 0.2) is 5.38 Å². The van der Waals surface area contributed by atoms with Crippen molar-refractivity contribution in [3.63, 3.8) is 0 Å². The predicted molar refractivity (Wildman–Crippen MR) is 52.9 cm³/mol. The first-order valence-corrected chi connectivity index (χ1v) is 5.30. The molecule has 1 amide bonds. The van der Waals surface area contributed by atoms with Crippen LogP contribution in [-0.4, -0.2) is 10.9 Å². The number of nitriles is 1. The maximum atomic E-state index is 11.0. The maximum absolute atomic E-state index is 11.0. The number of nitrogens with zero attached hydrogens (tertiary/aromatic N) is 2. The van der Waals surface area contributed by atoms with Gasteiger partial charge in [-0.1, -0.05) is 0 Å². The maximum Gasteiger partial charge on any atom is 0.240 e. The fraction of sp³-hybridized carbons (Fsp3) is 0.444. The summed E-state index contributed by atoms with van der Waals surface area (Å²) in [4.78, 5) is 15.3. The largest absolute Gasteiger partial charge is 0.301 e. The second kappa shape index (κ2) is 3.76. The first kappa shape index (κ1) is 9.16. The van der Waals surface area contributed by atoms with E-state index in [0.717, 1.165) is 5.69 Å². The third-order valence-corrected chi connectivity index (χ3v) is 2.78. The first-order chi connectivity index (χ1) is 6.79. The molecule has 1 aromatic rings. The van der Waals surface area contributed by atoms with Crippen LogP contribution in [0.1, 0.15) is 30.9 Å². The number of anilines is 1. The van der Waals surface area contributed by atoms with Gasteiger partial charge in [-0.25, -0.2) is 4.98 Å². The Morgan fingerprint density at radius 1 is 1.79 bits per heavy atom. The van der Waals surface area contributed by atoms with Gasteiger partial charge >= 0.3 is 0 Å². The molecule has 0 spiro atoms. The van der Waals surface area contributed by atoms with E-state index in [9.17, 15) is 4.79 Å². The Bertz CT molecular complexity index is 389. The summed E-state index contributed by atoms with van der Waals surface area (Å²) >= 11 is 1.42. The smallest absolute Gasteiger partial charge is 0.240 e. The van der Waals surface area contributed by atoms with Crippen molar-refractivity contribution in [3.8, 4) is 6.07 Å². The topological polar surface area (TPSA) is 65.8 Å². The Balaban J connectivity index is 1.96. The van der Waals surface area contributed by atoms with Crippen LogP contribution in [-0.2, 0) is 4.79 Å². The molecule has 0 radical (unpaired) electrons. The van der Waals surface area contributed by atoms with Crippen molar-refractivity contribution in [1.82, 2.24) is 4.98 Å². The van der Waals surface area contributed by atoms with Crippen LogP contribution >= 0.6 is 11.3 Å². The van der Waals surface area contributed by atoms with Crippen LogP contribution in [0, 0.1) is 11.3 Å². The highest BCUT2D eigenvalue weighted by molar-refractivity contribution is 7.13. The van der Waals surface area contributed by atoms with Crippen molar-refractivity contribution >= 4 is 22.4 Å². The third-order valence-electron chi connectivity index (χ3n) is 2.00. The van der Waals surface area contributed by atoms with Crippen molar-refractivity contribution in [2.45, 2.75) is 25.2 Å². The molecule has 1 aliphatic rings. The van der Waals surface area contributed by atoms with Crippen LogP contribution in [0.2, 0.25) is 0 Å². The van der Waals surface area contributed by atoms with Gasteiger partial charge in [0.1, 0.15) is 6.42 Å². The molecule has 0 aromatic carbocycles. The van der Waals surface area contributed by atoms with Gasteiger partial charge in [0.15, 0.2) is 5.13 Å². The molecule has 0 bridgehead atoms. The molecular weight excluding hydrogens is 198 g/mol. The molecule has 1 fully saturated rings. The lowest BCUT2D eigenvalue weighted by atomic mass is 10.3. The van der Waals surface area contributed by atoms with Gasteiger partial charge in [-0.15, -0.1) is 11.3 Å². The van der Waals surface area contributed by atoms with E-state index in [4.69, 9.17) is 5.26 Å². The van der Waals surface area contributed by atoms with Gasteiger partial charge < -0.3 is 5.32 Å². The van der Waals surface area contributed by atoms with Gasteiger partial charge in [0, 0.05) is 11.3 Å². The zero-order valence-corrected chi connectivity index (χ0v) is 8.30. The molecular formula is C9H9N3OS. The number of thiazole rings is 1. The molecule has 1 saturated carbocycles. The minimum absolute atomic E-state index is 0.113. The molecule has 1 N–H and O–H groups in total. The van der Waals surface area contributed by atoms with Gasteiger partial charge in [-0.3, -0.25) is 4.79 Å². The second-order valence-electron chi connectivity index (χ2n) is 3.23. The molecule has 0 saturated heterocycles. The zero-order chi connectivity index (χ0) is 9.97. The average Bonchev–Trinajstić information content (AvgIpc) is 2.89. The van der Waals surface area contributed by atoms with Crippen molar-refractivity contribution in [2.24, 2.45) is 0 Å². The summed E-state index contributed by atoms with van der Waals surface area (Å²) in [5, 5.41) is 13.5. The molecule has 0 unspecified atom stereocenters. The Hall–Kier alpha value is -1.41. The van der Waals surface area contributed by atoms with Crippen LogP contribution in [0.5, 0.6) is 0 Å². The van der Waals surface area contributed by atoms with E-state index in [1.165, 1.54) is 24.2 Å². The van der Waals surface area contributed by atoms with Crippen molar-refractivity contribution in [1.29, 1.82) is 5.26 Å². The highest BCUT2D eigenvalue weighted by atomic mass is 32.1. The molecule has 72 valence electrons. The van der Waals surface area contributed by atoms with Crippen molar-refractivity contribution in [2.75, 3.05) is 5.32 Å². The number of nitrogens with one attached hydrogen (secondary N) is 1. The molecule has 1 aromatic heterocycles. The number of aromatic nitrogens is 1. The lowest BCUT2D eigenvalue weighted by Gasteiger charge is -1.95. The molecule has 0 aliphatic heterocycles. The van der Waals surface area contributed by atoms with E-state index in [1.54, 1.807) is 6.07 Å². The Labute approximate surface area is 85.6 Å². The fourth-order valence-corrected chi connectivity index (χ4v) is 1.95. The minimum Gasteiger partial charge on any atom is -0.301 e. The van der Waals surface area contributed by atoms with E-state index in [-0.39, 0.29) is 12.3 Å². The van der Waals surface area contributed by atoms with Crippen LogP contribution < -0.4 is 5.32 Å². The molecule has 4 nitrogen and oxygen atoms in total. The molecule has 1 heterocycles. The predicted octanol–water partition coefficient (Wildman–Crippen LogP) is 1.87. The lowest BCUT2D eigenvalue weighted by Crippen LogP contribution is -2.09. The Morgan fingerprint density at radius 3 is 3.21 bits per heavy atom. The van der Waals surface area contributed by atoms with E-state index < -0.39 is 0 Å². The summed E-state index contributed by atoms with van der Waals surface area (Å²) in [6.07, 6.45) is 2.29. The molecule has 0 atom stereocenters. The third kappa shape index (κ3) is 2.09. The van der Waals surface area contributed by atoms with Crippen molar-refractivity contribution in [3.05, 3.63) is 11.1 Å². The SMILES string of the molecule is N#CCC(=O)Nc1nc(C2CC2)cs1. The standard InChI is InChI=1S/C9H9N3OS/c10-4-3-8(13)12-9-11-7(5-14-9)6-1-2-6/h5-6H,1-3H2,(H,11,12,13). The minimum atomic E-state index is -0.288. The van der Waals surface area contributed by atoms with Gasteiger partial charge in [0.2, 0.25) is 5.91 Å². The highest BCUT2D eigenvalue weighted by Crippen LogP contribution is 2.40. The Morgan fingerprint density at radius 2 is 2.57 bits per heavy atom. The number of rotatable bonds is 3. The first-order valence-electron chi connectivity index (χ1n) is 4.42. The molecule has 1 aliphatic carbocycles. The molecule has 2 rings (SSSR count). The monoisotopic (exact) mass is 207 g/mol. The van der Waals surface area contributed by atoms with Gasteiger partial charge in [0.05, 0.1) is 11.8 Å². The van der Waals surface area contributed by atoms with Gasteiger partial charge in [-0.05, 0) is 12.8 Å². The quantitative estimate of drug-likeness (QED) is 0.822. The molecule has 14 heavy (non-hydrogen) atoms. The summed E-state index contributed by atoms with van der Waals surface area (Å²) in [6, 6.07) is 1.79. The number of hydrogen-bond acceptors (Lipinski definition) is 4. The van der Waals surface area contributed by atoms with Gasteiger partial charge in [-0.2, -0.15) is 5.26 Å². The van der Waals surface area contributed by atoms with Gasteiger partial charge in [0.25, 0.3) is 0 Å². The van der Waals surface area contributed by atoms with Crippen LogP contribution in [0.3, 0.4) is 0 Å². The summed E-state index contributed by atoms with van der Waals surface area (Å²) < 4.78 is 0. The zero-order valence-electron chi connectivity index (χ0n) is 7.49. The second-order valence-corrected chi connectivity index (χ2v) is 4.09. The van der Waals surface area contributed by atoms with E-state index in [1.807, 2.05) is 5.38 Å². The fourth-order valence-electron chi connectivity index (χ4n) is 1.15. The lowest BCUT2D eigenvalue weighted by molar-refractivity contribution is -0.115. The molecule has 5 heteroatoms. The Kier molecular flexibility index (Phi) is 2.46. The summed E-state index contributed by atoms with van der Waals surface area (Å²) in [7, 11) is 0.